The summed E-state index contributed by atoms with van der Waals surface area (Å²) in [6.45, 7) is 5.44. The van der Waals surface area contributed by atoms with Crippen LogP contribution >= 0.6 is 0 Å². The molecule has 0 saturated carbocycles. The number of ether oxygens (including phenoxy) is 1. The fourth-order valence-electron chi connectivity index (χ4n) is 3.00. The SMILES string of the molecule is CCCOc1ccc(CCC(=O)NCCCc2cnc3cc(C)nn3c2)cc1. The van der Waals surface area contributed by atoms with E-state index in [1.165, 1.54) is 0 Å². The number of fused-ring (bicyclic) bond motifs is 1. The van der Waals surface area contributed by atoms with Crippen molar-refractivity contribution >= 4 is 11.6 Å². The van der Waals surface area contributed by atoms with Gasteiger partial charge in [-0.05, 0) is 55.9 Å². The van der Waals surface area contributed by atoms with Gasteiger partial charge in [-0.15, -0.1) is 0 Å². The lowest BCUT2D eigenvalue weighted by Crippen LogP contribution is -2.25. The van der Waals surface area contributed by atoms with Gasteiger partial charge in [-0.2, -0.15) is 5.10 Å². The summed E-state index contributed by atoms with van der Waals surface area (Å²) < 4.78 is 7.38. The lowest BCUT2D eigenvalue weighted by Gasteiger charge is -2.07. The summed E-state index contributed by atoms with van der Waals surface area (Å²) in [5.74, 6) is 0.968. The second-order valence-electron chi connectivity index (χ2n) is 7.00. The minimum atomic E-state index is 0.0857. The standard InChI is InChI=1S/C22H28N4O2/c1-3-13-28-20-9-6-18(7-10-20)8-11-22(27)23-12-4-5-19-15-24-21-14-17(2)25-26(21)16-19/h6-7,9-10,14-16H,3-5,8,11-13H2,1-2H3,(H,23,27). The Kier molecular flexibility index (Phi) is 7.00. The van der Waals surface area contributed by atoms with E-state index in [0.717, 1.165) is 60.5 Å². The van der Waals surface area contributed by atoms with Crippen molar-refractivity contribution < 1.29 is 9.53 Å². The van der Waals surface area contributed by atoms with Crippen molar-refractivity contribution in [3.05, 3.63) is 59.5 Å². The van der Waals surface area contributed by atoms with Crippen molar-refractivity contribution in [3.63, 3.8) is 0 Å². The van der Waals surface area contributed by atoms with Gasteiger partial charge in [0.05, 0.1) is 12.3 Å². The third-order valence-electron chi connectivity index (χ3n) is 4.49. The van der Waals surface area contributed by atoms with Crippen LogP contribution in [0.3, 0.4) is 0 Å². The summed E-state index contributed by atoms with van der Waals surface area (Å²) in [7, 11) is 0. The van der Waals surface area contributed by atoms with Crippen molar-refractivity contribution in [2.24, 2.45) is 0 Å². The molecule has 0 aliphatic heterocycles. The molecule has 0 fully saturated rings. The minimum absolute atomic E-state index is 0.0857. The van der Waals surface area contributed by atoms with E-state index in [4.69, 9.17) is 4.74 Å². The van der Waals surface area contributed by atoms with Gasteiger partial charge in [-0.3, -0.25) is 4.79 Å². The summed E-state index contributed by atoms with van der Waals surface area (Å²) in [4.78, 5) is 16.5. The van der Waals surface area contributed by atoms with E-state index in [1.54, 1.807) is 0 Å². The van der Waals surface area contributed by atoms with Crippen LogP contribution in [0.5, 0.6) is 5.75 Å². The first-order chi connectivity index (χ1) is 13.6. The molecular weight excluding hydrogens is 352 g/mol. The number of amides is 1. The van der Waals surface area contributed by atoms with Crippen molar-refractivity contribution in [2.45, 2.75) is 46.0 Å². The fourth-order valence-corrected chi connectivity index (χ4v) is 3.00. The van der Waals surface area contributed by atoms with Gasteiger partial charge in [0.25, 0.3) is 0 Å². The Hall–Kier alpha value is -2.89. The second kappa shape index (κ2) is 9.88. The zero-order valence-corrected chi connectivity index (χ0v) is 16.6. The Bertz CT molecular complexity index is 903. The predicted octanol–water partition coefficient (Wildman–Crippen LogP) is 3.51. The molecule has 3 rings (SSSR count). The first-order valence-electron chi connectivity index (χ1n) is 9.93. The van der Waals surface area contributed by atoms with Crippen LogP contribution in [-0.4, -0.2) is 33.7 Å². The van der Waals surface area contributed by atoms with Crippen LogP contribution in [-0.2, 0) is 17.6 Å². The highest BCUT2D eigenvalue weighted by atomic mass is 16.5. The van der Waals surface area contributed by atoms with Gasteiger partial charge in [-0.25, -0.2) is 9.50 Å². The molecule has 0 aliphatic carbocycles. The van der Waals surface area contributed by atoms with Crippen molar-refractivity contribution in [1.82, 2.24) is 19.9 Å². The Morgan fingerprint density at radius 1 is 1.18 bits per heavy atom. The Morgan fingerprint density at radius 2 is 2.00 bits per heavy atom. The maximum atomic E-state index is 12.1. The third kappa shape index (κ3) is 5.81. The quantitative estimate of drug-likeness (QED) is 0.547. The monoisotopic (exact) mass is 380 g/mol. The number of benzene rings is 1. The smallest absolute Gasteiger partial charge is 0.220 e. The molecule has 1 N–H and O–H groups in total. The van der Waals surface area contributed by atoms with E-state index in [2.05, 4.69) is 22.3 Å². The van der Waals surface area contributed by atoms with E-state index in [-0.39, 0.29) is 5.91 Å². The van der Waals surface area contributed by atoms with Crippen LogP contribution in [0.25, 0.3) is 5.65 Å². The molecule has 0 aliphatic rings. The maximum Gasteiger partial charge on any atom is 0.220 e. The zero-order valence-electron chi connectivity index (χ0n) is 16.6. The Labute approximate surface area is 165 Å². The fraction of sp³-hybridized carbons (Fsp3) is 0.409. The van der Waals surface area contributed by atoms with Crippen LogP contribution in [0.1, 0.15) is 43.0 Å². The molecule has 0 radical (unpaired) electrons. The average Bonchev–Trinajstić information content (AvgIpc) is 3.08. The number of carbonyl (C=O) groups excluding carboxylic acids is 1. The number of hydrogen-bond donors (Lipinski definition) is 1. The number of nitrogens with zero attached hydrogens (tertiary/aromatic N) is 3. The van der Waals surface area contributed by atoms with Gasteiger partial charge >= 0.3 is 0 Å². The molecule has 1 amide bonds. The molecule has 2 heterocycles. The molecule has 0 atom stereocenters. The van der Waals surface area contributed by atoms with Crippen LogP contribution in [0.15, 0.2) is 42.7 Å². The normalized spacial score (nSPS) is 10.9. The molecule has 28 heavy (non-hydrogen) atoms. The molecule has 0 unspecified atom stereocenters. The third-order valence-corrected chi connectivity index (χ3v) is 4.49. The number of hydrogen-bond acceptors (Lipinski definition) is 4. The predicted molar refractivity (Wildman–Crippen MR) is 110 cm³/mol. The van der Waals surface area contributed by atoms with Crippen LogP contribution in [0, 0.1) is 6.92 Å². The summed E-state index contributed by atoms with van der Waals surface area (Å²) in [5, 5.41) is 7.38. The van der Waals surface area contributed by atoms with E-state index in [0.29, 0.717) is 13.0 Å². The Balaban J connectivity index is 1.34. The summed E-state index contributed by atoms with van der Waals surface area (Å²) in [6, 6.07) is 9.94. The van der Waals surface area contributed by atoms with E-state index >= 15 is 0 Å². The summed E-state index contributed by atoms with van der Waals surface area (Å²) in [6.07, 6.45) is 7.85. The molecule has 6 nitrogen and oxygen atoms in total. The molecule has 0 spiro atoms. The molecule has 3 aromatic rings. The van der Waals surface area contributed by atoms with Gasteiger partial charge in [0.15, 0.2) is 5.65 Å². The Morgan fingerprint density at radius 3 is 2.79 bits per heavy atom. The molecule has 0 saturated heterocycles. The topological polar surface area (TPSA) is 68.5 Å². The molecule has 2 aromatic heterocycles. The van der Waals surface area contributed by atoms with Crippen molar-refractivity contribution in [3.8, 4) is 5.75 Å². The summed E-state index contributed by atoms with van der Waals surface area (Å²) >= 11 is 0. The molecule has 0 bridgehead atoms. The van der Waals surface area contributed by atoms with Crippen LogP contribution in [0.4, 0.5) is 0 Å². The van der Waals surface area contributed by atoms with Crippen LogP contribution in [0.2, 0.25) is 0 Å². The highest BCUT2D eigenvalue weighted by molar-refractivity contribution is 5.76. The van der Waals surface area contributed by atoms with Gasteiger partial charge in [0.1, 0.15) is 5.75 Å². The van der Waals surface area contributed by atoms with E-state index < -0.39 is 0 Å². The van der Waals surface area contributed by atoms with E-state index in [1.807, 2.05) is 54.2 Å². The maximum absolute atomic E-state index is 12.1. The molecular formula is C22H28N4O2. The highest BCUT2D eigenvalue weighted by Gasteiger charge is 2.04. The molecule has 6 heteroatoms. The largest absolute Gasteiger partial charge is 0.494 e. The zero-order chi connectivity index (χ0) is 19.8. The first kappa shape index (κ1) is 19.9. The van der Waals surface area contributed by atoms with Gasteiger partial charge < -0.3 is 10.1 Å². The molecule has 148 valence electrons. The summed E-state index contributed by atoms with van der Waals surface area (Å²) in [5.41, 5.74) is 4.09. The van der Waals surface area contributed by atoms with Crippen molar-refractivity contribution in [1.29, 1.82) is 0 Å². The number of carbonyl (C=O) groups is 1. The number of nitrogens with one attached hydrogen (secondary N) is 1. The van der Waals surface area contributed by atoms with E-state index in [9.17, 15) is 4.79 Å². The van der Waals surface area contributed by atoms with Gasteiger partial charge in [0, 0.05) is 31.4 Å². The molecule has 1 aromatic carbocycles. The number of aryl methyl sites for hydroxylation is 3. The van der Waals surface area contributed by atoms with Crippen LogP contribution < -0.4 is 10.1 Å². The van der Waals surface area contributed by atoms with Gasteiger partial charge in [0.2, 0.25) is 5.91 Å². The lowest BCUT2D eigenvalue weighted by molar-refractivity contribution is -0.121. The average molecular weight is 380 g/mol. The van der Waals surface area contributed by atoms with Gasteiger partial charge in [-0.1, -0.05) is 19.1 Å². The first-order valence-corrected chi connectivity index (χ1v) is 9.93. The minimum Gasteiger partial charge on any atom is -0.494 e. The van der Waals surface area contributed by atoms with Crippen molar-refractivity contribution in [2.75, 3.05) is 13.2 Å². The number of aromatic nitrogens is 3. The number of rotatable bonds is 10. The second-order valence-corrected chi connectivity index (χ2v) is 7.00. The lowest BCUT2D eigenvalue weighted by atomic mass is 10.1. The highest BCUT2D eigenvalue weighted by Crippen LogP contribution is 2.13.